The third-order valence-electron chi connectivity index (χ3n) is 10.0. The van der Waals surface area contributed by atoms with Crippen LogP contribution in [0.4, 0.5) is 0 Å². The Balaban J connectivity index is 1.32. The summed E-state index contributed by atoms with van der Waals surface area (Å²) >= 11 is 0. The molecule has 5 aromatic carbocycles. The molecule has 0 aliphatic heterocycles. The first kappa shape index (κ1) is 30.2. The molecule has 7 rings (SSSR count). The average Bonchev–Trinajstić information content (AvgIpc) is 3.32. The molecule has 47 heavy (non-hydrogen) atoms. The molecule has 0 saturated carbocycles. The highest BCUT2D eigenvalue weighted by atomic mass is 14.6. The molecule has 0 amide bonds. The molecule has 0 spiro atoms. The van der Waals surface area contributed by atoms with Crippen LogP contribution >= 0.6 is 0 Å². The minimum atomic E-state index is -0.192. The highest BCUT2D eigenvalue weighted by Crippen LogP contribution is 2.50. The molecule has 1 aromatic heterocycles. The maximum absolute atomic E-state index is 9.57. The van der Waals surface area contributed by atoms with E-state index >= 15 is 0 Å². The van der Waals surface area contributed by atoms with Gasteiger partial charge in [0.2, 0.25) is 0 Å². The van der Waals surface area contributed by atoms with Crippen LogP contribution in [-0.2, 0) is 5.41 Å². The molecule has 0 bridgehead atoms. The highest BCUT2D eigenvalue weighted by Gasteiger charge is 2.36. The van der Waals surface area contributed by atoms with E-state index in [2.05, 4.69) is 156 Å². The van der Waals surface area contributed by atoms with Crippen LogP contribution < -0.4 is 10.4 Å². The number of hydrogen-bond donors (Lipinski definition) is 0. The predicted molar refractivity (Wildman–Crippen MR) is 198 cm³/mol. The molecular formula is C45H38N2. The number of hydrogen-bond acceptors (Lipinski definition) is 2. The van der Waals surface area contributed by atoms with Gasteiger partial charge in [-0.3, -0.25) is 4.98 Å². The van der Waals surface area contributed by atoms with E-state index in [4.69, 9.17) is 0 Å². The van der Waals surface area contributed by atoms with Crippen LogP contribution in [0.5, 0.6) is 0 Å². The van der Waals surface area contributed by atoms with Gasteiger partial charge in [0.25, 0.3) is 0 Å². The minimum Gasteiger partial charge on any atom is -0.256 e. The Morgan fingerprint density at radius 3 is 2.34 bits per heavy atom. The molecule has 6 aromatic rings. The highest BCUT2D eigenvalue weighted by molar-refractivity contribution is 5.91. The van der Waals surface area contributed by atoms with Gasteiger partial charge in [0, 0.05) is 22.2 Å². The number of nitrogens with zero attached hydrogens (tertiary/aromatic N) is 2. The molecule has 0 fully saturated rings. The van der Waals surface area contributed by atoms with Gasteiger partial charge in [-0.15, -0.1) is 0 Å². The SMILES string of the molecule is C/C=c1/c(=C\C=C(/C)c2ccc(C)c(-c3c(C)cccc3-c3ccc4c(c3)C(C)(C)c3cc(C#N)ccc3-4)c2)ccc2cccnc12. The number of fused-ring (bicyclic) bond motifs is 4. The summed E-state index contributed by atoms with van der Waals surface area (Å²) in [7, 11) is 0. The fourth-order valence-electron chi connectivity index (χ4n) is 7.32. The van der Waals surface area contributed by atoms with E-state index in [1.807, 2.05) is 18.3 Å². The molecule has 1 heterocycles. The normalized spacial score (nSPS) is 14.3. The summed E-state index contributed by atoms with van der Waals surface area (Å²) in [6.45, 7) is 13.2. The third kappa shape index (κ3) is 5.09. The zero-order valence-electron chi connectivity index (χ0n) is 27.9. The lowest BCUT2D eigenvalue weighted by molar-refractivity contribution is 0.660. The van der Waals surface area contributed by atoms with Crippen molar-refractivity contribution in [1.82, 2.24) is 4.98 Å². The van der Waals surface area contributed by atoms with Gasteiger partial charge in [-0.25, -0.2) is 0 Å². The zero-order valence-corrected chi connectivity index (χ0v) is 27.9. The van der Waals surface area contributed by atoms with Gasteiger partial charge >= 0.3 is 0 Å². The van der Waals surface area contributed by atoms with E-state index < -0.39 is 0 Å². The predicted octanol–water partition coefficient (Wildman–Crippen LogP) is 10.0. The Labute approximate surface area is 277 Å². The Bertz CT molecular complexity index is 2430. The smallest absolute Gasteiger partial charge is 0.0991 e. The van der Waals surface area contributed by atoms with E-state index in [9.17, 15) is 5.26 Å². The van der Waals surface area contributed by atoms with Gasteiger partial charge in [0.15, 0.2) is 0 Å². The maximum atomic E-state index is 9.57. The number of allylic oxidation sites excluding steroid dienone is 2. The molecule has 1 aliphatic carbocycles. The molecule has 0 radical (unpaired) electrons. The van der Waals surface area contributed by atoms with Crippen LogP contribution in [0, 0.1) is 25.2 Å². The van der Waals surface area contributed by atoms with E-state index in [-0.39, 0.29) is 5.41 Å². The van der Waals surface area contributed by atoms with Crippen LogP contribution in [-0.4, -0.2) is 4.98 Å². The molecule has 0 unspecified atom stereocenters. The monoisotopic (exact) mass is 606 g/mol. The second-order valence-corrected chi connectivity index (χ2v) is 13.2. The van der Waals surface area contributed by atoms with Crippen molar-refractivity contribution >= 4 is 28.6 Å². The van der Waals surface area contributed by atoms with Crippen molar-refractivity contribution < 1.29 is 0 Å². The molecular weight excluding hydrogens is 569 g/mol. The Morgan fingerprint density at radius 2 is 1.55 bits per heavy atom. The number of nitriles is 1. The number of aromatic nitrogens is 1. The summed E-state index contributed by atoms with van der Waals surface area (Å²) in [5.41, 5.74) is 16.4. The van der Waals surface area contributed by atoms with Gasteiger partial charge in [0.05, 0.1) is 17.1 Å². The largest absolute Gasteiger partial charge is 0.256 e. The van der Waals surface area contributed by atoms with E-state index in [1.165, 1.54) is 66.8 Å². The van der Waals surface area contributed by atoms with Gasteiger partial charge in [-0.1, -0.05) is 98.8 Å². The first-order valence-electron chi connectivity index (χ1n) is 16.3. The summed E-state index contributed by atoms with van der Waals surface area (Å²) in [6, 6.07) is 37.2. The topological polar surface area (TPSA) is 36.7 Å². The first-order chi connectivity index (χ1) is 22.7. The lowest BCUT2D eigenvalue weighted by Crippen LogP contribution is -2.25. The molecule has 2 nitrogen and oxygen atoms in total. The standard InChI is InChI=1S/C45H38N2/c1-7-36-32(18-19-33-11-9-23-47-44(33)36)16-13-28(2)34-17-14-29(3)40(25-34)43-30(4)10-8-12-37(43)35-20-22-39-38-21-15-31(27-46)24-41(38)45(5,6)42(39)26-35/h7-26H,1-6H3/b28-13+,32-16-,36-7-. The van der Waals surface area contributed by atoms with Crippen molar-refractivity contribution in [3.05, 3.63) is 153 Å². The van der Waals surface area contributed by atoms with Crippen LogP contribution in [0.3, 0.4) is 0 Å². The van der Waals surface area contributed by atoms with Gasteiger partial charge in [0.1, 0.15) is 0 Å². The molecule has 0 saturated heterocycles. The summed E-state index contributed by atoms with van der Waals surface area (Å²) in [4.78, 5) is 4.66. The van der Waals surface area contributed by atoms with Crippen LogP contribution in [0.1, 0.15) is 61.1 Å². The van der Waals surface area contributed by atoms with Crippen molar-refractivity contribution in [1.29, 1.82) is 5.26 Å². The van der Waals surface area contributed by atoms with Crippen molar-refractivity contribution in [2.75, 3.05) is 0 Å². The van der Waals surface area contributed by atoms with E-state index in [0.717, 1.165) is 21.3 Å². The molecule has 0 atom stereocenters. The Kier molecular flexibility index (Phi) is 7.50. The summed E-state index contributed by atoms with van der Waals surface area (Å²) < 4.78 is 0. The lowest BCUT2D eigenvalue weighted by Gasteiger charge is -2.23. The first-order valence-corrected chi connectivity index (χ1v) is 16.3. The van der Waals surface area contributed by atoms with Gasteiger partial charge in [-0.05, 0) is 130 Å². The second-order valence-electron chi connectivity index (χ2n) is 13.2. The van der Waals surface area contributed by atoms with E-state index in [1.54, 1.807) is 0 Å². The van der Waals surface area contributed by atoms with Crippen LogP contribution in [0.25, 0.3) is 62.0 Å². The number of rotatable bonds is 4. The second kappa shape index (κ2) is 11.7. The lowest BCUT2D eigenvalue weighted by atomic mass is 9.80. The van der Waals surface area contributed by atoms with Gasteiger partial charge < -0.3 is 0 Å². The summed E-state index contributed by atoms with van der Waals surface area (Å²) in [5.74, 6) is 0. The minimum absolute atomic E-state index is 0.192. The van der Waals surface area contributed by atoms with Gasteiger partial charge in [-0.2, -0.15) is 5.26 Å². The Hall–Kier alpha value is -5.52. The molecule has 0 N–H and O–H groups in total. The van der Waals surface area contributed by atoms with Crippen molar-refractivity contribution in [3.8, 4) is 39.4 Å². The third-order valence-corrected chi connectivity index (χ3v) is 10.0. The van der Waals surface area contributed by atoms with E-state index in [0.29, 0.717) is 5.56 Å². The summed E-state index contributed by atoms with van der Waals surface area (Å²) in [5, 5.41) is 13.0. The maximum Gasteiger partial charge on any atom is 0.0991 e. The van der Waals surface area contributed by atoms with Crippen molar-refractivity contribution in [2.24, 2.45) is 0 Å². The van der Waals surface area contributed by atoms with Crippen LogP contribution in [0.2, 0.25) is 0 Å². The number of benzene rings is 5. The van der Waals surface area contributed by atoms with Crippen molar-refractivity contribution in [3.63, 3.8) is 0 Å². The molecule has 228 valence electrons. The Morgan fingerprint density at radius 1 is 0.766 bits per heavy atom. The molecule has 2 heteroatoms. The quantitative estimate of drug-likeness (QED) is 0.200. The number of aryl methyl sites for hydroxylation is 2. The fraction of sp³-hybridized carbons (Fsp3) is 0.156. The molecule has 1 aliphatic rings. The number of pyridine rings is 1. The van der Waals surface area contributed by atoms with Crippen LogP contribution in [0.15, 0.2) is 109 Å². The average molecular weight is 607 g/mol. The fourth-order valence-corrected chi connectivity index (χ4v) is 7.32. The van der Waals surface area contributed by atoms with Crippen molar-refractivity contribution in [2.45, 2.75) is 47.0 Å². The summed E-state index contributed by atoms with van der Waals surface area (Å²) in [6.07, 6.45) is 8.45. The zero-order chi connectivity index (χ0) is 32.9.